The first-order valence-corrected chi connectivity index (χ1v) is 13.6. The van der Waals surface area contributed by atoms with Gasteiger partial charge in [0.1, 0.15) is 12.1 Å². The number of rotatable bonds is 10. The Bertz CT molecular complexity index is 826. The number of likely N-dealkylation sites (tertiary alicyclic amines) is 2. The second-order valence-electron chi connectivity index (χ2n) is 12.3. The van der Waals surface area contributed by atoms with Crippen LogP contribution in [-0.2, 0) is 19.2 Å². The van der Waals surface area contributed by atoms with Gasteiger partial charge >= 0.3 is 5.97 Å². The van der Waals surface area contributed by atoms with E-state index in [1.165, 1.54) is 4.90 Å². The predicted molar refractivity (Wildman–Crippen MR) is 143 cm³/mol. The van der Waals surface area contributed by atoms with Crippen molar-refractivity contribution in [3.05, 3.63) is 0 Å². The molecular weight excluding hydrogens is 474 g/mol. The zero-order chi connectivity index (χ0) is 28.1. The normalized spacial score (nSPS) is 22.7. The van der Waals surface area contributed by atoms with Crippen molar-refractivity contribution in [2.75, 3.05) is 47.3 Å². The third kappa shape index (κ3) is 8.14. The van der Waals surface area contributed by atoms with Crippen LogP contribution in [0.15, 0.2) is 0 Å². The quantitative estimate of drug-likeness (QED) is 0.446. The maximum absolute atomic E-state index is 13.8. The summed E-state index contributed by atoms with van der Waals surface area (Å²) in [6.45, 7) is 11.8. The minimum Gasteiger partial charge on any atom is -0.480 e. The van der Waals surface area contributed by atoms with Crippen LogP contribution >= 0.6 is 0 Å². The maximum Gasteiger partial charge on any atom is 0.326 e. The number of carboxylic acid groups (broad SMARTS) is 1. The highest BCUT2D eigenvalue weighted by atomic mass is 16.4. The topological polar surface area (TPSA) is 113 Å². The van der Waals surface area contributed by atoms with E-state index in [1.807, 2.05) is 53.6 Å². The van der Waals surface area contributed by atoms with E-state index in [0.717, 1.165) is 25.8 Å². The molecule has 0 saturated carbocycles. The zero-order valence-electron chi connectivity index (χ0n) is 24.1. The Morgan fingerprint density at radius 2 is 1.62 bits per heavy atom. The summed E-state index contributed by atoms with van der Waals surface area (Å²) in [5, 5.41) is 12.5. The Balaban J connectivity index is 2.10. The lowest BCUT2D eigenvalue weighted by Crippen LogP contribution is -2.60. The molecule has 2 aliphatic heterocycles. The number of carbonyl (C=O) groups excluding carboxylic acids is 3. The standard InChI is InChI=1S/C27H49N5O5/c1-18(2)21(16-29(6)17-22(33)32-15-11-13-20(32)26(36)37)31(8)25(35)23(27(3,4)5)28-24(34)19-12-9-10-14-30(19)7/h18-21,23H,9-17H2,1-8H3,(H,28,34)(H,36,37)/t19?,20-,21+,23+/m0/s1. The lowest BCUT2D eigenvalue weighted by molar-refractivity contribution is -0.148. The number of carbonyl (C=O) groups is 4. The molecule has 2 heterocycles. The Kier molecular flexibility index (Phi) is 10.9. The molecule has 2 N–H and O–H groups in total. The number of piperidine rings is 1. The second kappa shape index (κ2) is 13.0. The van der Waals surface area contributed by atoms with Crippen LogP contribution < -0.4 is 5.32 Å². The molecule has 0 bridgehead atoms. The van der Waals surface area contributed by atoms with Gasteiger partial charge in [-0.1, -0.05) is 41.0 Å². The molecule has 0 aromatic heterocycles. The van der Waals surface area contributed by atoms with Crippen molar-refractivity contribution >= 4 is 23.7 Å². The van der Waals surface area contributed by atoms with Crippen molar-refractivity contribution in [3.8, 4) is 0 Å². The molecule has 10 nitrogen and oxygen atoms in total. The summed E-state index contributed by atoms with van der Waals surface area (Å²) < 4.78 is 0. The van der Waals surface area contributed by atoms with Crippen molar-refractivity contribution in [1.29, 1.82) is 0 Å². The highest BCUT2D eigenvalue weighted by molar-refractivity contribution is 5.90. The number of nitrogens with one attached hydrogen (secondary N) is 1. The molecule has 212 valence electrons. The molecule has 0 aromatic carbocycles. The number of aliphatic carboxylic acids is 1. The molecule has 0 radical (unpaired) electrons. The minimum absolute atomic E-state index is 0.0858. The van der Waals surface area contributed by atoms with Crippen molar-refractivity contribution in [2.45, 2.75) is 90.9 Å². The van der Waals surface area contributed by atoms with Gasteiger partial charge in [0.2, 0.25) is 17.7 Å². The predicted octanol–water partition coefficient (Wildman–Crippen LogP) is 1.49. The van der Waals surface area contributed by atoms with Gasteiger partial charge in [0.15, 0.2) is 0 Å². The molecule has 0 aromatic rings. The summed E-state index contributed by atoms with van der Waals surface area (Å²) in [5.41, 5.74) is -0.487. The molecule has 4 atom stereocenters. The molecule has 2 aliphatic rings. The van der Waals surface area contributed by atoms with Crippen molar-refractivity contribution in [2.24, 2.45) is 11.3 Å². The van der Waals surface area contributed by atoms with Crippen LogP contribution in [0.3, 0.4) is 0 Å². The number of likely N-dealkylation sites (N-methyl/N-ethyl adjacent to an activating group) is 3. The summed E-state index contributed by atoms with van der Waals surface area (Å²) in [7, 11) is 5.54. The van der Waals surface area contributed by atoms with Crippen molar-refractivity contribution in [1.82, 2.24) is 24.9 Å². The molecule has 0 spiro atoms. The summed E-state index contributed by atoms with van der Waals surface area (Å²) in [6, 6.07) is -1.87. The monoisotopic (exact) mass is 523 g/mol. The van der Waals surface area contributed by atoms with Gasteiger partial charge in [-0.3, -0.25) is 24.2 Å². The Labute approximate surface area is 222 Å². The summed E-state index contributed by atoms with van der Waals surface area (Å²) in [6.07, 6.45) is 4.03. The first kappa shape index (κ1) is 31.0. The molecule has 0 aliphatic carbocycles. The van der Waals surface area contributed by atoms with E-state index < -0.39 is 23.5 Å². The lowest BCUT2D eigenvalue weighted by Gasteiger charge is -2.40. The number of carboxylic acids is 1. The Hall–Kier alpha value is -2.20. The van der Waals surface area contributed by atoms with Crippen molar-refractivity contribution in [3.63, 3.8) is 0 Å². The van der Waals surface area contributed by atoms with Crippen LogP contribution in [0.2, 0.25) is 0 Å². The highest BCUT2D eigenvalue weighted by Crippen LogP contribution is 2.25. The van der Waals surface area contributed by atoms with Gasteiger partial charge in [0, 0.05) is 26.2 Å². The van der Waals surface area contributed by atoms with Gasteiger partial charge in [0.25, 0.3) is 0 Å². The molecular formula is C27H49N5O5. The van der Waals surface area contributed by atoms with Crippen LogP contribution in [-0.4, -0.2) is 120 Å². The fourth-order valence-electron chi connectivity index (χ4n) is 5.47. The number of hydrogen-bond acceptors (Lipinski definition) is 6. The van der Waals surface area contributed by atoms with Crippen LogP contribution in [0.1, 0.15) is 66.7 Å². The van der Waals surface area contributed by atoms with Gasteiger partial charge in [-0.25, -0.2) is 4.79 Å². The third-order valence-electron chi connectivity index (χ3n) is 7.85. The van der Waals surface area contributed by atoms with E-state index >= 15 is 0 Å². The van der Waals surface area contributed by atoms with E-state index in [1.54, 1.807) is 11.9 Å². The maximum atomic E-state index is 13.8. The van der Waals surface area contributed by atoms with Gasteiger partial charge in [-0.15, -0.1) is 0 Å². The second-order valence-corrected chi connectivity index (χ2v) is 12.3. The van der Waals surface area contributed by atoms with Crippen LogP contribution in [0.5, 0.6) is 0 Å². The average Bonchev–Trinajstić information content (AvgIpc) is 3.30. The number of nitrogens with zero attached hydrogens (tertiary/aromatic N) is 4. The van der Waals surface area contributed by atoms with Crippen molar-refractivity contribution < 1.29 is 24.3 Å². The largest absolute Gasteiger partial charge is 0.480 e. The Morgan fingerprint density at radius 3 is 2.16 bits per heavy atom. The smallest absolute Gasteiger partial charge is 0.326 e. The van der Waals surface area contributed by atoms with Gasteiger partial charge in [-0.05, 0) is 57.7 Å². The highest BCUT2D eigenvalue weighted by Gasteiger charge is 2.40. The fourth-order valence-corrected chi connectivity index (χ4v) is 5.47. The molecule has 2 saturated heterocycles. The average molecular weight is 524 g/mol. The van der Waals surface area contributed by atoms with Gasteiger partial charge < -0.3 is 20.2 Å². The number of hydrogen-bond donors (Lipinski definition) is 2. The van der Waals surface area contributed by atoms with E-state index in [-0.39, 0.29) is 42.3 Å². The summed E-state index contributed by atoms with van der Waals surface area (Å²) >= 11 is 0. The van der Waals surface area contributed by atoms with Crippen LogP contribution in [0, 0.1) is 11.3 Å². The number of amides is 3. The van der Waals surface area contributed by atoms with Crippen LogP contribution in [0.4, 0.5) is 0 Å². The lowest BCUT2D eigenvalue weighted by atomic mass is 9.84. The van der Waals surface area contributed by atoms with E-state index in [0.29, 0.717) is 25.9 Å². The Morgan fingerprint density at radius 1 is 1.00 bits per heavy atom. The molecule has 2 rings (SSSR count). The minimum atomic E-state index is -0.964. The SMILES string of the molecule is CC(C)[C@@H](CN(C)CC(=O)N1CCC[C@H]1C(=O)O)N(C)C(=O)[C@@H](NC(=O)C1CCCCN1C)C(C)(C)C. The molecule has 1 unspecified atom stereocenters. The summed E-state index contributed by atoms with van der Waals surface area (Å²) in [5.74, 6) is -1.32. The molecule has 3 amide bonds. The molecule has 2 fully saturated rings. The van der Waals surface area contributed by atoms with Gasteiger partial charge in [-0.2, -0.15) is 0 Å². The zero-order valence-corrected chi connectivity index (χ0v) is 24.1. The third-order valence-corrected chi connectivity index (χ3v) is 7.85. The van der Waals surface area contributed by atoms with E-state index in [2.05, 4.69) is 10.2 Å². The summed E-state index contributed by atoms with van der Waals surface area (Å²) in [4.78, 5) is 58.4. The van der Waals surface area contributed by atoms with Gasteiger partial charge in [0.05, 0.1) is 12.6 Å². The first-order valence-electron chi connectivity index (χ1n) is 13.6. The first-order chi connectivity index (χ1) is 17.1. The van der Waals surface area contributed by atoms with E-state index in [4.69, 9.17) is 0 Å². The van der Waals surface area contributed by atoms with E-state index in [9.17, 15) is 24.3 Å². The fraction of sp³-hybridized carbons (Fsp3) is 0.852. The molecule has 10 heteroatoms. The van der Waals surface area contributed by atoms with Crippen LogP contribution in [0.25, 0.3) is 0 Å². The molecule has 37 heavy (non-hydrogen) atoms.